The standard InChI is InChI=1S/C14H19FN2O3S/c1-14(2)8-11(18)6-7-17(14)21(19,20)9-10-4-3-5-12(16)13(10)15/h3-5H,6-9,16H2,1-2H3. The van der Waals surface area contributed by atoms with Crippen LogP contribution in [0.4, 0.5) is 10.1 Å². The highest BCUT2D eigenvalue weighted by Crippen LogP contribution is 2.30. The second-order valence-electron chi connectivity index (χ2n) is 5.93. The molecule has 2 N–H and O–H groups in total. The summed E-state index contributed by atoms with van der Waals surface area (Å²) in [5.41, 5.74) is 4.65. The molecule has 1 saturated heterocycles. The van der Waals surface area contributed by atoms with E-state index in [4.69, 9.17) is 5.73 Å². The molecule has 1 aromatic carbocycles. The summed E-state index contributed by atoms with van der Waals surface area (Å²) in [5.74, 6) is -1.12. The molecule has 1 aliphatic rings. The van der Waals surface area contributed by atoms with Gasteiger partial charge in [-0.15, -0.1) is 0 Å². The Hall–Kier alpha value is -1.47. The van der Waals surface area contributed by atoms with Gasteiger partial charge in [-0.25, -0.2) is 12.8 Å². The van der Waals surface area contributed by atoms with Crippen LogP contribution in [-0.4, -0.2) is 30.6 Å². The van der Waals surface area contributed by atoms with E-state index in [1.807, 2.05) is 0 Å². The minimum atomic E-state index is -3.72. The number of piperidine rings is 1. The van der Waals surface area contributed by atoms with Crippen LogP contribution in [0.5, 0.6) is 0 Å². The maximum Gasteiger partial charge on any atom is 0.218 e. The number of nitrogens with two attached hydrogens (primary N) is 1. The van der Waals surface area contributed by atoms with Gasteiger partial charge in [-0.05, 0) is 19.9 Å². The first-order valence-corrected chi connectivity index (χ1v) is 8.29. The van der Waals surface area contributed by atoms with Gasteiger partial charge in [-0.3, -0.25) is 4.79 Å². The van der Waals surface area contributed by atoms with Crippen LogP contribution in [0.1, 0.15) is 32.3 Å². The van der Waals surface area contributed by atoms with Gasteiger partial charge in [-0.2, -0.15) is 4.31 Å². The van der Waals surface area contributed by atoms with Gasteiger partial charge < -0.3 is 5.73 Å². The Labute approximate surface area is 124 Å². The van der Waals surface area contributed by atoms with Crippen molar-refractivity contribution in [2.75, 3.05) is 12.3 Å². The van der Waals surface area contributed by atoms with Gasteiger partial charge >= 0.3 is 0 Å². The highest BCUT2D eigenvalue weighted by Gasteiger charge is 2.41. The molecule has 1 aliphatic heterocycles. The summed E-state index contributed by atoms with van der Waals surface area (Å²) < 4.78 is 40.3. The van der Waals surface area contributed by atoms with E-state index < -0.39 is 27.1 Å². The third-order valence-corrected chi connectivity index (χ3v) is 5.71. The van der Waals surface area contributed by atoms with E-state index in [1.54, 1.807) is 13.8 Å². The van der Waals surface area contributed by atoms with E-state index in [0.29, 0.717) is 0 Å². The molecule has 21 heavy (non-hydrogen) atoms. The molecule has 0 aliphatic carbocycles. The number of nitrogens with zero attached hydrogens (tertiary/aromatic N) is 1. The smallest absolute Gasteiger partial charge is 0.218 e. The first kappa shape index (κ1) is 15.9. The molecule has 7 heteroatoms. The third kappa shape index (κ3) is 3.24. The summed E-state index contributed by atoms with van der Waals surface area (Å²) >= 11 is 0. The van der Waals surface area contributed by atoms with Gasteiger partial charge in [0.2, 0.25) is 10.0 Å². The van der Waals surface area contributed by atoms with Crippen molar-refractivity contribution >= 4 is 21.5 Å². The molecule has 1 heterocycles. The van der Waals surface area contributed by atoms with Gasteiger partial charge in [0.15, 0.2) is 0 Å². The Balaban J connectivity index is 2.30. The molecule has 0 spiro atoms. The van der Waals surface area contributed by atoms with E-state index in [-0.39, 0.29) is 36.4 Å². The summed E-state index contributed by atoms with van der Waals surface area (Å²) in [5, 5.41) is 0. The van der Waals surface area contributed by atoms with Crippen LogP contribution < -0.4 is 5.73 Å². The number of carbonyl (C=O) groups is 1. The number of ketones is 1. The highest BCUT2D eigenvalue weighted by atomic mass is 32.2. The van der Waals surface area contributed by atoms with Crippen molar-refractivity contribution in [1.29, 1.82) is 0 Å². The molecular weight excluding hydrogens is 295 g/mol. The zero-order chi connectivity index (χ0) is 15.8. The Morgan fingerprint density at radius 1 is 1.38 bits per heavy atom. The lowest BCUT2D eigenvalue weighted by Crippen LogP contribution is -2.53. The highest BCUT2D eigenvalue weighted by molar-refractivity contribution is 7.88. The minimum absolute atomic E-state index is 0.0431. The zero-order valence-corrected chi connectivity index (χ0v) is 12.9. The third-order valence-electron chi connectivity index (χ3n) is 3.68. The lowest BCUT2D eigenvalue weighted by atomic mass is 9.92. The monoisotopic (exact) mass is 314 g/mol. The number of Topliss-reactive ketones (excluding diaryl/α,β-unsaturated/α-hetero) is 1. The van der Waals surface area contributed by atoms with Crippen molar-refractivity contribution in [3.8, 4) is 0 Å². The molecule has 1 aromatic rings. The van der Waals surface area contributed by atoms with E-state index in [2.05, 4.69) is 0 Å². The van der Waals surface area contributed by atoms with Gasteiger partial charge in [0.05, 0.1) is 11.4 Å². The fourth-order valence-electron chi connectivity index (χ4n) is 2.69. The van der Waals surface area contributed by atoms with Crippen LogP contribution >= 0.6 is 0 Å². The summed E-state index contributed by atoms with van der Waals surface area (Å²) in [4.78, 5) is 11.5. The molecular formula is C14H19FN2O3S. The second kappa shape index (κ2) is 5.38. The molecule has 0 atom stereocenters. The number of hydrogen-bond donors (Lipinski definition) is 1. The number of sulfonamides is 1. The Bertz CT molecular complexity index is 671. The maximum absolute atomic E-state index is 13.9. The van der Waals surface area contributed by atoms with Crippen molar-refractivity contribution in [3.63, 3.8) is 0 Å². The predicted molar refractivity (Wildman–Crippen MR) is 78.5 cm³/mol. The van der Waals surface area contributed by atoms with E-state index in [0.717, 1.165) is 0 Å². The molecule has 116 valence electrons. The summed E-state index contributed by atoms with van der Waals surface area (Å²) in [6.07, 6.45) is 0.369. The van der Waals surface area contributed by atoms with Crippen molar-refractivity contribution < 1.29 is 17.6 Å². The Morgan fingerprint density at radius 3 is 2.67 bits per heavy atom. The number of halogens is 1. The quantitative estimate of drug-likeness (QED) is 0.861. The molecule has 5 nitrogen and oxygen atoms in total. The van der Waals surface area contributed by atoms with E-state index in [9.17, 15) is 17.6 Å². The predicted octanol–water partition coefficient (Wildman–Crippen LogP) is 1.68. The maximum atomic E-state index is 13.9. The fraction of sp³-hybridized carbons (Fsp3) is 0.500. The first-order valence-electron chi connectivity index (χ1n) is 6.68. The Morgan fingerprint density at radius 2 is 2.05 bits per heavy atom. The van der Waals surface area contributed by atoms with E-state index >= 15 is 0 Å². The minimum Gasteiger partial charge on any atom is -0.396 e. The lowest BCUT2D eigenvalue weighted by molar-refractivity contribution is -0.123. The van der Waals surface area contributed by atoms with Crippen LogP contribution in [0.25, 0.3) is 0 Å². The molecule has 0 aromatic heterocycles. The Kier molecular flexibility index (Phi) is 4.08. The van der Waals surface area contributed by atoms with Crippen molar-refractivity contribution in [2.45, 2.75) is 38.0 Å². The number of anilines is 1. The summed E-state index contributed by atoms with van der Waals surface area (Å²) in [6.45, 7) is 3.55. The number of hydrogen-bond acceptors (Lipinski definition) is 4. The van der Waals surface area contributed by atoms with Crippen LogP contribution in [0.3, 0.4) is 0 Å². The first-order chi connectivity index (χ1) is 9.63. The van der Waals surface area contributed by atoms with Gasteiger partial charge in [0, 0.05) is 30.5 Å². The van der Waals surface area contributed by atoms with Crippen molar-refractivity contribution in [1.82, 2.24) is 4.31 Å². The van der Waals surface area contributed by atoms with Crippen LogP contribution in [-0.2, 0) is 20.6 Å². The summed E-state index contributed by atoms with van der Waals surface area (Å²) in [6, 6.07) is 4.31. The zero-order valence-electron chi connectivity index (χ0n) is 12.1. The number of carbonyl (C=O) groups excluding carboxylic acids is 1. The second-order valence-corrected chi connectivity index (χ2v) is 7.82. The van der Waals surface area contributed by atoms with Crippen LogP contribution in [0, 0.1) is 5.82 Å². The van der Waals surface area contributed by atoms with Crippen LogP contribution in [0.15, 0.2) is 18.2 Å². The van der Waals surface area contributed by atoms with Gasteiger partial charge in [0.1, 0.15) is 11.6 Å². The van der Waals surface area contributed by atoms with Gasteiger partial charge in [0.25, 0.3) is 0 Å². The van der Waals surface area contributed by atoms with Gasteiger partial charge in [-0.1, -0.05) is 12.1 Å². The molecule has 2 rings (SSSR count). The molecule has 0 radical (unpaired) electrons. The normalized spacial score (nSPS) is 19.7. The van der Waals surface area contributed by atoms with Crippen molar-refractivity contribution in [2.24, 2.45) is 0 Å². The fourth-order valence-corrected chi connectivity index (χ4v) is 4.65. The molecule has 0 bridgehead atoms. The average Bonchev–Trinajstić information content (AvgIpc) is 2.33. The molecule has 1 fully saturated rings. The topological polar surface area (TPSA) is 80.5 Å². The number of benzene rings is 1. The van der Waals surface area contributed by atoms with Crippen molar-refractivity contribution in [3.05, 3.63) is 29.6 Å². The molecule has 0 unspecified atom stereocenters. The molecule has 0 amide bonds. The average molecular weight is 314 g/mol. The van der Waals surface area contributed by atoms with E-state index in [1.165, 1.54) is 22.5 Å². The SMILES string of the molecule is CC1(C)CC(=O)CCN1S(=O)(=O)Cc1cccc(N)c1F. The lowest BCUT2D eigenvalue weighted by Gasteiger charge is -2.40. The van der Waals surface area contributed by atoms with Crippen LogP contribution in [0.2, 0.25) is 0 Å². The summed E-state index contributed by atoms with van der Waals surface area (Å²) in [7, 11) is -3.72. The number of rotatable bonds is 3. The number of nitrogen functional groups attached to an aromatic ring is 1. The largest absolute Gasteiger partial charge is 0.396 e. The molecule has 0 saturated carbocycles.